The third-order valence-electron chi connectivity index (χ3n) is 4.28. The molecule has 1 atom stereocenters. The molecule has 6 nitrogen and oxygen atoms in total. The van der Waals surface area contributed by atoms with Gasteiger partial charge in [-0.1, -0.05) is 0 Å². The van der Waals surface area contributed by atoms with Crippen LogP contribution in [0.5, 0.6) is 0 Å². The van der Waals surface area contributed by atoms with Gasteiger partial charge in [0.15, 0.2) is 0 Å². The highest BCUT2D eigenvalue weighted by atomic mass is 19.4. The van der Waals surface area contributed by atoms with Crippen LogP contribution >= 0.6 is 0 Å². The molecule has 1 N–H and O–H groups in total. The summed E-state index contributed by atoms with van der Waals surface area (Å²) in [7, 11) is 0. The van der Waals surface area contributed by atoms with Crippen LogP contribution in [0.2, 0.25) is 0 Å². The number of nitrogens with one attached hydrogen (secondary N) is 1. The Morgan fingerprint density at radius 3 is 2.42 bits per heavy atom. The van der Waals surface area contributed by atoms with Crippen LogP contribution < -0.4 is 10.2 Å². The summed E-state index contributed by atoms with van der Waals surface area (Å²) in [5.41, 5.74) is -0.781. The first-order valence-corrected chi connectivity index (χ1v) is 7.71. The number of carbonyl (C=O) groups is 2. The van der Waals surface area contributed by atoms with Gasteiger partial charge in [0.25, 0.3) is 0 Å². The average molecular weight is 342 g/mol. The number of pyridine rings is 1. The van der Waals surface area contributed by atoms with Gasteiger partial charge in [0.05, 0.1) is 5.56 Å². The molecule has 2 saturated heterocycles. The Morgan fingerprint density at radius 1 is 1.21 bits per heavy atom. The maximum atomic E-state index is 12.5. The molecule has 2 aliphatic rings. The summed E-state index contributed by atoms with van der Waals surface area (Å²) in [4.78, 5) is 30.9. The lowest BCUT2D eigenvalue weighted by atomic mass is 10.2. The fourth-order valence-corrected chi connectivity index (χ4v) is 2.92. The Balaban J connectivity index is 1.57. The van der Waals surface area contributed by atoms with Crippen molar-refractivity contribution < 1.29 is 22.8 Å². The zero-order valence-electron chi connectivity index (χ0n) is 12.8. The van der Waals surface area contributed by atoms with Gasteiger partial charge in [-0.3, -0.25) is 9.59 Å². The van der Waals surface area contributed by atoms with Crippen molar-refractivity contribution in [2.24, 2.45) is 0 Å². The van der Waals surface area contributed by atoms with Crippen LogP contribution in [0, 0.1) is 0 Å². The number of hydrogen-bond donors (Lipinski definition) is 1. The third kappa shape index (κ3) is 3.44. The summed E-state index contributed by atoms with van der Waals surface area (Å²) < 4.78 is 37.6. The SMILES string of the molecule is O=C1CC[C@@H](C(=O)N2CCN(c3ccc(C(F)(F)F)cn3)CC2)N1. The molecule has 0 radical (unpaired) electrons. The van der Waals surface area contributed by atoms with Crippen LogP contribution in [0.15, 0.2) is 18.3 Å². The van der Waals surface area contributed by atoms with E-state index in [0.717, 1.165) is 12.3 Å². The number of alkyl halides is 3. The van der Waals surface area contributed by atoms with Crippen molar-refractivity contribution in [3.05, 3.63) is 23.9 Å². The molecule has 0 aliphatic carbocycles. The number of aromatic nitrogens is 1. The molecule has 3 rings (SSSR count). The number of nitrogens with zero attached hydrogens (tertiary/aromatic N) is 3. The summed E-state index contributed by atoms with van der Waals surface area (Å²) in [5, 5.41) is 2.65. The quantitative estimate of drug-likeness (QED) is 0.872. The second kappa shape index (κ2) is 6.29. The topological polar surface area (TPSA) is 65.5 Å². The van der Waals surface area contributed by atoms with Gasteiger partial charge in [-0.2, -0.15) is 13.2 Å². The maximum absolute atomic E-state index is 12.5. The Morgan fingerprint density at radius 2 is 1.92 bits per heavy atom. The fourth-order valence-electron chi connectivity index (χ4n) is 2.92. The van der Waals surface area contributed by atoms with E-state index in [0.29, 0.717) is 44.8 Å². The Hall–Kier alpha value is -2.32. The van der Waals surface area contributed by atoms with Gasteiger partial charge in [0, 0.05) is 38.8 Å². The second-order valence-electron chi connectivity index (χ2n) is 5.87. The summed E-state index contributed by atoms with van der Waals surface area (Å²) in [6, 6.07) is 1.90. The summed E-state index contributed by atoms with van der Waals surface area (Å²) in [5.74, 6) is 0.256. The molecule has 24 heavy (non-hydrogen) atoms. The molecule has 0 saturated carbocycles. The molecule has 0 aromatic carbocycles. The highest BCUT2D eigenvalue weighted by Crippen LogP contribution is 2.29. The first kappa shape index (κ1) is 16.5. The Labute approximate surface area is 136 Å². The lowest BCUT2D eigenvalue weighted by molar-refractivity contribution is -0.138. The number of amides is 2. The smallest absolute Gasteiger partial charge is 0.353 e. The number of piperazine rings is 1. The number of rotatable bonds is 2. The van der Waals surface area contributed by atoms with Gasteiger partial charge in [0.1, 0.15) is 11.9 Å². The maximum Gasteiger partial charge on any atom is 0.417 e. The van der Waals surface area contributed by atoms with E-state index >= 15 is 0 Å². The van der Waals surface area contributed by atoms with Gasteiger partial charge < -0.3 is 15.1 Å². The molecule has 0 unspecified atom stereocenters. The zero-order valence-corrected chi connectivity index (χ0v) is 12.8. The van der Waals surface area contributed by atoms with E-state index in [1.165, 1.54) is 6.07 Å². The van der Waals surface area contributed by atoms with E-state index in [2.05, 4.69) is 10.3 Å². The molecular formula is C15H17F3N4O2. The van der Waals surface area contributed by atoms with Crippen LogP contribution in [-0.4, -0.2) is 53.9 Å². The standard InChI is InChI=1S/C15H17F3N4O2/c16-15(17,18)10-1-3-12(19-9-10)21-5-7-22(8-6-21)14(24)11-2-4-13(23)20-11/h1,3,9,11H,2,4-8H2,(H,20,23)/t11-/m0/s1. The van der Waals surface area contributed by atoms with Crippen molar-refractivity contribution in [3.8, 4) is 0 Å². The molecule has 1 aromatic rings. The molecule has 130 valence electrons. The average Bonchev–Trinajstić information content (AvgIpc) is 3.00. The molecule has 9 heteroatoms. The minimum Gasteiger partial charge on any atom is -0.353 e. The lowest BCUT2D eigenvalue weighted by Gasteiger charge is -2.36. The largest absolute Gasteiger partial charge is 0.417 e. The minimum atomic E-state index is -4.40. The van der Waals surface area contributed by atoms with Crippen LogP contribution in [0.25, 0.3) is 0 Å². The molecule has 2 aliphatic heterocycles. The van der Waals surface area contributed by atoms with Crippen LogP contribution in [-0.2, 0) is 15.8 Å². The first-order valence-electron chi connectivity index (χ1n) is 7.71. The van der Waals surface area contributed by atoms with E-state index < -0.39 is 17.8 Å². The number of anilines is 1. The highest BCUT2D eigenvalue weighted by molar-refractivity contribution is 5.90. The highest BCUT2D eigenvalue weighted by Gasteiger charge is 2.33. The lowest BCUT2D eigenvalue weighted by Crippen LogP contribution is -2.53. The van der Waals surface area contributed by atoms with Crippen LogP contribution in [0.4, 0.5) is 19.0 Å². The number of carbonyl (C=O) groups excluding carboxylic acids is 2. The normalized spacial score (nSPS) is 21.8. The molecule has 1 aromatic heterocycles. The predicted octanol–water partition coefficient (Wildman–Crippen LogP) is 1.03. The summed E-state index contributed by atoms with van der Waals surface area (Å²) >= 11 is 0. The molecule has 3 heterocycles. The van der Waals surface area contributed by atoms with Crippen LogP contribution in [0.1, 0.15) is 18.4 Å². The molecule has 0 bridgehead atoms. The number of hydrogen-bond acceptors (Lipinski definition) is 4. The number of halogens is 3. The Kier molecular flexibility index (Phi) is 4.33. The van der Waals surface area contributed by atoms with Gasteiger partial charge in [-0.05, 0) is 18.6 Å². The zero-order chi connectivity index (χ0) is 17.3. The van der Waals surface area contributed by atoms with Crippen molar-refractivity contribution in [3.63, 3.8) is 0 Å². The van der Waals surface area contributed by atoms with E-state index in [-0.39, 0.29) is 11.8 Å². The van der Waals surface area contributed by atoms with Gasteiger partial charge in [-0.25, -0.2) is 4.98 Å². The fraction of sp³-hybridized carbons (Fsp3) is 0.533. The summed E-state index contributed by atoms with van der Waals surface area (Å²) in [6.07, 6.45) is -2.70. The monoisotopic (exact) mass is 342 g/mol. The van der Waals surface area contributed by atoms with E-state index in [1.54, 1.807) is 4.90 Å². The van der Waals surface area contributed by atoms with Crippen molar-refractivity contribution in [1.29, 1.82) is 0 Å². The Bertz CT molecular complexity index is 625. The van der Waals surface area contributed by atoms with Crippen molar-refractivity contribution in [2.45, 2.75) is 25.1 Å². The molecule has 2 amide bonds. The van der Waals surface area contributed by atoms with Gasteiger partial charge in [-0.15, -0.1) is 0 Å². The van der Waals surface area contributed by atoms with E-state index in [4.69, 9.17) is 0 Å². The van der Waals surface area contributed by atoms with Gasteiger partial charge >= 0.3 is 6.18 Å². The minimum absolute atomic E-state index is 0.0964. The third-order valence-corrected chi connectivity index (χ3v) is 4.28. The predicted molar refractivity (Wildman–Crippen MR) is 79.2 cm³/mol. The van der Waals surface area contributed by atoms with E-state index in [9.17, 15) is 22.8 Å². The first-order chi connectivity index (χ1) is 11.3. The van der Waals surface area contributed by atoms with Crippen LogP contribution in [0.3, 0.4) is 0 Å². The molecular weight excluding hydrogens is 325 g/mol. The molecule has 2 fully saturated rings. The summed E-state index contributed by atoms with van der Waals surface area (Å²) in [6.45, 7) is 1.89. The van der Waals surface area contributed by atoms with Crippen molar-refractivity contribution >= 4 is 17.6 Å². The van der Waals surface area contributed by atoms with E-state index in [1.807, 2.05) is 4.90 Å². The molecule has 0 spiro atoms. The second-order valence-corrected chi connectivity index (χ2v) is 5.87. The van der Waals surface area contributed by atoms with Gasteiger partial charge in [0.2, 0.25) is 11.8 Å². The van der Waals surface area contributed by atoms with Crippen molar-refractivity contribution in [1.82, 2.24) is 15.2 Å². The van der Waals surface area contributed by atoms with Crippen molar-refractivity contribution in [2.75, 3.05) is 31.1 Å².